The van der Waals surface area contributed by atoms with Crippen molar-refractivity contribution in [3.05, 3.63) is 30.1 Å². The molecule has 0 radical (unpaired) electrons. The van der Waals surface area contributed by atoms with Crippen molar-refractivity contribution in [2.24, 2.45) is 5.92 Å². The molecular formula is C18H29FN2. The fourth-order valence-corrected chi connectivity index (χ4v) is 3.40. The Morgan fingerprint density at radius 2 is 1.95 bits per heavy atom. The zero-order valence-electron chi connectivity index (χ0n) is 13.4. The molecule has 1 N–H and O–H groups in total. The zero-order valence-corrected chi connectivity index (χ0v) is 13.4. The van der Waals surface area contributed by atoms with Crippen molar-refractivity contribution in [2.75, 3.05) is 25.0 Å². The van der Waals surface area contributed by atoms with Crippen LogP contribution in [0.3, 0.4) is 0 Å². The minimum absolute atomic E-state index is 0.127. The third kappa shape index (κ3) is 4.70. The topological polar surface area (TPSA) is 15.3 Å². The number of likely N-dealkylation sites (N-methyl/N-ethyl adjacent to an activating group) is 1. The lowest BCUT2D eigenvalue weighted by molar-refractivity contribution is 0.271. The summed E-state index contributed by atoms with van der Waals surface area (Å²) in [5.41, 5.74) is 0.705. The molecule has 1 aliphatic rings. The first-order valence-electron chi connectivity index (χ1n) is 8.41. The molecule has 0 aromatic heterocycles. The van der Waals surface area contributed by atoms with Crippen molar-refractivity contribution in [1.82, 2.24) is 5.32 Å². The molecule has 0 saturated heterocycles. The van der Waals surface area contributed by atoms with Crippen LogP contribution in [0.5, 0.6) is 0 Å². The number of para-hydroxylation sites is 1. The van der Waals surface area contributed by atoms with Crippen molar-refractivity contribution >= 4 is 5.69 Å². The predicted molar refractivity (Wildman–Crippen MR) is 88.3 cm³/mol. The quantitative estimate of drug-likeness (QED) is 0.810. The van der Waals surface area contributed by atoms with Crippen molar-refractivity contribution in [3.8, 4) is 0 Å². The van der Waals surface area contributed by atoms with Crippen molar-refractivity contribution in [3.63, 3.8) is 0 Å². The van der Waals surface area contributed by atoms with Crippen LogP contribution in [-0.4, -0.2) is 26.2 Å². The van der Waals surface area contributed by atoms with Gasteiger partial charge in [-0.15, -0.1) is 0 Å². The van der Waals surface area contributed by atoms with E-state index >= 15 is 0 Å². The monoisotopic (exact) mass is 292 g/mol. The number of benzene rings is 1. The van der Waals surface area contributed by atoms with E-state index in [0.29, 0.717) is 11.7 Å². The summed E-state index contributed by atoms with van der Waals surface area (Å²) in [6.07, 6.45) is 7.84. The molecule has 1 fully saturated rings. The summed E-state index contributed by atoms with van der Waals surface area (Å²) in [5, 5.41) is 3.70. The Hall–Kier alpha value is -1.09. The van der Waals surface area contributed by atoms with E-state index in [9.17, 15) is 4.39 Å². The summed E-state index contributed by atoms with van der Waals surface area (Å²) in [4.78, 5) is 2.07. The number of rotatable bonds is 7. The second-order valence-corrected chi connectivity index (χ2v) is 6.29. The van der Waals surface area contributed by atoms with Gasteiger partial charge in [0.15, 0.2) is 0 Å². The molecule has 118 valence electrons. The van der Waals surface area contributed by atoms with Gasteiger partial charge in [-0.1, -0.05) is 38.3 Å². The summed E-state index contributed by atoms with van der Waals surface area (Å²) < 4.78 is 13.9. The molecule has 21 heavy (non-hydrogen) atoms. The lowest BCUT2D eigenvalue weighted by Crippen LogP contribution is -2.45. The van der Waals surface area contributed by atoms with E-state index in [0.717, 1.165) is 25.4 Å². The van der Waals surface area contributed by atoms with E-state index in [1.807, 2.05) is 19.2 Å². The third-order valence-electron chi connectivity index (χ3n) is 4.61. The van der Waals surface area contributed by atoms with Gasteiger partial charge in [-0.05, 0) is 43.9 Å². The molecule has 2 rings (SSSR count). The molecule has 3 heteroatoms. The molecule has 1 aliphatic carbocycles. The molecule has 1 atom stereocenters. The number of nitrogens with one attached hydrogen (secondary N) is 1. The average molecular weight is 292 g/mol. The van der Waals surface area contributed by atoms with Crippen LogP contribution in [0.2, 0.25) is 0 Å². The zero-order chi connectivity index (χ0) is 15.1. The summed E-state index contributed by atoms with van der Waals surface area (Å²) in [6.45, 7) is 4.13. The maximum absolute atomic E-state index is 13.9. The molecule has 0 aliphatic heterocycles. The maximum atomic E-state index is 13.9. The SMILES string of the molecule is CCCNC(CN(C)c1ccccc1F)C1CCCCC1. The van der Waals surface area contributed by atoms with E-state index < -0.39 is 0 Å². The normalized spacial score (nSPS) is 17.7. The Labute approximate surface area is 128 Å². The molecular weight excluding hydrogens is 263 g/mol. The second kappa shape index (κ2) is 8.38. The minimum atomic E-state index is -0.127. The summed E-state index contributed by atoms with van der Waals surface area (Å²) >= 11 is 0. The van der Waals surface area contributed by atoms with Gasteiger partial charge in [0.2, 0.25) is 0 Å². The number of nitrogens with zero attached hydrogens (tertiary/aromatic N) is 1. The maximum Gasteiger partial charge on any atom is 0.146 e. The lowest BCUT2D eigenvalue weighted by Gasteiger charge is -2.34. The highest BCUT2D eigenvalue weighted by molar-refractivity contribution is 5.46. The van der Waals surface area contributed by atoms with Gasteiger partial charge in [0.05, 0.1) is 5.69 Å². The van der Waals surface area contributed by atoms with Crippen LogP contribution < -0.4 is 10.2 Å². The van der Waals surface area contributed by atoms with Gasteiger partial charge in [0, 0.05) is 19.6 Å². The van der Waals surface area contributed by atoms with E-state index in [4.69, 9.17) is 0 Å². The van der Waals surface area contributed by atoms with Gasteiger partial charge in [-0.2, -0.15) is 0 Å². The number of anilines is 1. The molecule has 1 unspecified atom stereocenters. The highest BCUT2D eigenvalue weighted by Gasteiger charge is 2.24. The first-order valence-corrected chi connectivity index (χ1v) is 8.41. The van der Waals surface area contributed by atoms with Gasteiger partial charge >= 0.3 is 0 Å². The predicted octanol–water partition coefficient (Wildman–Crippen LogP) is 4.21. The summed E-state index contributed by atoms with van der Waals surface area (Å²) in [6, 6.07) is 7.54. The lowest BCUT2D eigenvalue weighted by atomic mass is 9.83. The molecule has 1 saturated carbocycles. The number of hydrogen-bond acceptors (Lipinski definition) is 2. The second-order valence-electron chi connectivity index (χ2n) is 6.29. The third-order valence-corrected chi connectivity index (χ3v) is 4.61. The van der Waals surface area contributed by atoms with Gasteiger partial charge in [-0.3, -0.25) is 0 Å². The Morgan fingerprint density at radius 3 is 2.62 bits per heavy atom. The van der Waals surface area contributed by atoms with Crippen LogP contribution in [0.15, 0.2) is 24.3 Å². The van der Waals surface area contributed by atoms with Crippen LogP contribution >= 0.6 is 0 Å². The summed E-state index contributed by atoms with van der Waals surface area (Å²) in [7, 11) is 2.00. The van der Waals surface area contributed by atoms with Crippen LogP contribution in [0.4, 0.5) is 10.1 Å². The van der Waals surface area contributed by atoms with Crippen molar-refractivity contribution in [2.45, 2.75) is 51.5 Å². The van der Waals surface area contributed by atoms with E-state index in [1.165, 1.54) is 32.1 Å². The molecule has 1 aromatic carbocycles. The fraction of sp³-hybridized carbons (Fsp3) is 0.667. The molecule has 0 spiro atoms. The van der Waals surface area contributed by atoms with E-state index in [-0.39, 0.29) is 5.82 Å². The van der Waals surface area contributed by atoms with Gasteiger partial charge in [0.1, 0.15) is 5.82 Å². The molecule has 0 bridgehead atoms. The Balaban J connectivity index is 2.01. The van der Waals surface area contributed by atoms with Gasteiger partial charge in [0.25, 0.3) is 0 Å². The molecule has 1 aromatic rings. The van der Waals surface area contributed by atoms with E-state index in [2.05, 4.69) is 17.1 Å². The Bertz CT molecular complexity index is 415. The first kappa shape index (κ1) is 16.3. The van der Waals surface area contributed by atoms with Crippen LogP contribution in [0.25, 0.3) is 0 Å². The van der Waals surface area contributed by atoms with E-state index in [1.54, 1.807) is 12.1 Å². The Kier molecular flexibility index (Phi) is 6.50. The van der Waals surface area contributed by atoms with Crippen molar-refractivity contribution in [1.29, 1.82) is 0 Å². The van der Waals surface area contributed by atoms with Crippen LogP contribution in [0.1, 0.15) is 45.4 Å². The highest BCUT2D eigenvalue weighted by atomic mass is 19.1. The molecule has 2 nitrogen and oxygen atoms in total. The largest absolute Gasteiger partial charge is 0.371 e. The Morgan fingerprint density at radius 1 is 1.24 bits per heavy atom. The average Bonchev–Trinajstić information content (AvgIpc) is 2.52. The highest BCUT2D eigenvalue weighted by Crippen LogP contribution is 2.28. The standard InChI is InChI=1S/C18H29FN2/c1-3-13-20-17(15-9-5-4-6-10-15)14-21(2)18-12-8-7-11-16(18)19/h7-8,11-12,15,17,20H,3-6,9-10,13-14H2,1-2H3. The molecule has 0 amide bonds. The molecule has 0 heterocycles. The van der Waals surface area contributed by atoms with Crippen LogP contribution in [-0.2, 0) is 0 Å². The summed E-state index contributed by atoms with van der Waals surface area (Å²) in [5.74, 6) is 0.609. The van der Waals surface area contributed by atoms with Crippen molar-refractivity contribution < 1.29 is 4.39 Å². The number of halogens is 1. The fourth-order valence-electron chi connectivity index (χ4n) is 3.40. The smallest absolute Gasteiger partial charge is 0.146 e. The number of hydrogen-bond donors (Lipinski definition) is 1. The van der Waals surface area contributed by atoms with Gasteiger partial charge in [-0.25, -0.2) is 4.39 Å². The minimum Gasteiger partial charge on any atom is -0.371 e. The van der Waals surface area contributed by atoms with Crippen LogP contribution in [0, 0.1) is 11.7 Å². The first-order chi connectivity index (χ1) is 10.2. The van der Waals surface area contributed by atoms with Gasteiger partial charge < -0.3 is 10.2 Å².